The summed E-state index contributed by atoms with van der Waals surface area (Å²) in [5.74, 6) is 1.49. The van der Waals surface area contributed by atoms with Crippen LogP contribution in [0.25, 0.3) is 0 Å². The Morgan fingerprint density at radius 2 is 1.84 bits per heavy atom. The molecule has 0 bridgehead atoms. The first-order chi connectivity index (χ1) is 9.34. The molecule has 1 aliphatic rings. The van der Waals surface area contributed by atoms with Crippen molar-refractivity contribution in [3.8, 4) is 5.75 Å². The van der Waals surface area contributed by atoms with Crippen LogP contribution in [-0.4, -0.2) is 12.6 Å². The van der Waals surface area contributed by atoms with Gasteiger partial charge < -0.3 is 10.1 Å². The van der Waals surface area contributed by atoms with E-state index in [2.05, 4.69) is 54.7 Å². The normalized spacial score (nSPS) is 18.7. The zero-order valence-electron chi connectivity index (χ0n) is 11.2. The Hall–Kier alpha value is -1.80. The van der Waals surface area contributed by atoms with Crippen LogP contribution in [0.3, 0.4) is 0 Å². The van der Waals surface area contributed by atoms with E-state index in [1.54, 1.807) is 0 Å². The largest absolute Gasteiger partial charge is 0.493 e. The van der Waals surface area contributed by atoms with Gasteiger partial charge in [-0.1, -0.05) is 48.5 Å². The zero-order chi connectivity index (χ0) is 13.1. The lowest BCUT2D eigenvalue weighted by Gasteiger charge is -2.20. The summed E-state index contributed by atoms with van der Waals surface area (Å²) in [5, 5.41) is 3.60. The Balaban J connectivity index is 1.64. The lowest BCUT2D eigenvalue weighted by atomic mass is 9.94. The van der Waals surface area contributed by atoms with E-state index in [4.69, 9.17) is 4.74 Å². The number of ether oxygens (including phenoxy) is 1. The van der Waals surface area contributed by atoms with Crippen LogP contribution < -0.4 is 10.1 Å². The molecule has 1 N–H and O–H groups in total. The van der Waals surface area contributed by atoms with Crippen LogP contribution >= 0.6 is 0 Å². The van der Waals surface area contributed by atoms with Crippen LogP contribution in [0.4, 0.5) is 0 Å². The van der Waals surface area contributed by atoms with Crippen LogP contribution in [0.15, 0.2) is 54.6 Å². The lowest BCUT2D eigenvalue weighted by molar-refractivity contribution is 0.303. The first-order valence-corrected chi connectivity index (χ1v) is 6.83. The van der Waals surface area contributed by atoms with Gasteiger partial charge in [0.25, 0.3) is 0 Å². The Labute approximate surface area is 114 Å². The van der Waals surface area contributed by atoms with Gasteiger partial charge in [0.05, 0.1) is 6.61 Å². The van der Waals surface area contributed by atoms with Gasteiger partial charge in [-0.3, -0.25) is 0 Å². The quantitative estimate of drug-likeness (QED) is 0.902. The predicted molar refractivity (Wildman–Crippen MR) is 77.4 cm³/mol. The number of para-hydroxylation sites is 1. The minimum absolute atomic E-state index is 0.406. The molecule has 0 amide bonds. The average molecular weight is 253 g/mol. The van der Waals surface area contributed by atoms with Crippen molar-refractivity contribution in [3.63, 3.8) is 0 Å². The number of nitrogens with one attached hydrogen (secondary N) is 1. The second-order valence-electron chi connectivity index (χ2n) is 5.11. The van der Waals surface area contributed by atoms with Gasteiger partial charge in [0.2, 0.25) is 0 Å². The van der Waals surface area contributed by atoms with E-state index >= 15 is 0 Å². The summed E-state index contributed by atoms with van der Waals surface area (Å²) in [7, 11) is 0. The minimum atomic E-state index is 0.406. The Kier molecular flexibility index (Phi) is 3.51. The first kappa shape index (κ1) is 12.2. The molecule has 3 rings (SSSR count). The van der Waals surface area contributed by atoms with Gasteiger partial charge in [0.1, 0.15) is 5.75 Å². The van der Waals surface area contributed by atoms with Crippen molar-refractivity contribution in [2.75, 3.05) is 6.61 Å². The highest BCUT2D eigenvalue weighted by atomic mass is 16.5. The highest BCUT2D eigenvalue weighted by Crippen LogP contribution is 2.35. The molecule has 0 saturated heterocycles. The molecule has 2 atom stereocenters. The van der Waals surface area contributed by atoms with Gasteiger partial charge in [-0.2, -0.15) is 0 Å². The summed E-state index contributed by atoms with van der Waals surface area (Å²) in [6, 6.07) is 19.3. The molecule has 2 aromatic carbocycles. The molecule has 0 fully saturated rings. The van der Waals surface area contributed by atoms with Gasteiger partial charge >= 0.3 is 0 Å². The molecule has 0 saturated carbocycles. The maximum absolute atomic E-state index is 5.74. The fraction of sp³-hybridized carbons (Fsp3) is 0.294. The summed E-state index contributed by atoms with van der Waals surface area (Å²) >= 11 is 0. The standard InChI is InChI=1S/C17H19NO/c1-13(18-11-14-7-3-2-4-8-14)16-12-19-17-10-6-5-9-15(16)17/h2-10,13,16,18H,11-12H2,1H3/t13-,16+/m0/s1. The van der Waals surface area contributed by atoms with Crippen molar-refractivity contribution in [2.24, 2.45) is 0 Å². The van der Waals surface area contributed by atoms with Crippen LogP contribution in [0.1, 0.15) is 24.0 Å². The van der Waals surface area contributed by atoms with Crippen molar-refractivity contribution in [1.82, 2.24) is 5.32 Å². The molecular weight excluding hydrogens is 234 g/mol. The van der Waals surface area contributed by atoms with Crippen molar-refractivity contribution >= 4 is 0 Å². The molecule has 2 heteroatoms. The lowest BCUT2D eigenvalue weighted by Crippen LogP contribution is -2.32. The fourth-order valence-corrected chi connectivity index (χ4v) is 2.62. The van der Waals surface area contributed by atoms with Crippen molar-refractivity contribution < 1.29 is 4.74 Å². The van der Waals surface area contributed by atoms with Crippen molar-refractivity contribution in [3.05, 3.63) is 65.7 Å². The molecule has 0 aromatic heterocycles. The van der Waals surface area contributed by atoms with Gasteiger partial charge in [0, 0.05) is 24.1 Å². The number of rotatable bonds is 4. The van der Waals surface area contributed by atoms with E-state index < -0.39 is 0 Å². The molecular formula is C17H19NO. The monoisotopic (exact) mass is 253 g/mol. The minimum Gasteiger partial charge on any atom is -0.493 e. The molecule has 0 radical (unpaired) electrons. The van der Waals surface area contributed by atoms with E-state index in [0.717, 1.165) is 18.9 Å². The van der Waals surface area contributed by atoms with Crippen molar-refractivity contribution in [2.45, 2.75) is 25.4 Å². The van der Waals surface area contributed by atoms with Gasteiger partial charge in [-0.05, 0) is 18.6 Å². The summed E-state index contributed by atoms with van der Waals surface area (Å²) in [6.45, 7) is 3.92. The zero-order valence-corrected chi connectivity index (χ0v) is 11.2. The smallest absolute Gasteiger partial charge is 0.122 e. The van der Waals surface area contributed by atoms with E-state index in [1.807, 2.05) is 12.1 Å². The first-order valence-electron chi connectivity index (χ1n) is 6.83. The molecule has 98 valence electrons. The van der Waals surface area contributed by atoms with Crippen LogP contribution in [0, 0.1) is 0 Å². The summed E-state index contributed by atoms with van der Waals surface area (Å²) in [4.78, 5) is 0. The number of hydrogen-bond acceptors (Lipinski definition) is 2. The summed E-state index contributed by atoms with van der Waals surface area (Å²) < 4.78 is 5.74. The maximum Gasteiger partial charge on any atom is 0.122 e. The van der Waals surface area contributed by atoms with Crippen LogP contribution in [-0.2, 0) is 6.54 Å². The van der Waals surface area contributed by atoms with Gasteiger partial charge in [-0.25, -0.2) is 0 Å². The Morgan fingerprint density at radius 1 is 1.11 bits per heavy atom. The molecule has 0 unspecified atom stereocenters. The summed E-state index contributed by atoms with van der Waals surface area (Å²) in [5.41, 5.74) is 2.65. The maximum atomic E-state index is 5.74. The van der Waals surface area contributed by atoms with E-state index in [9.17, 15) is 0 Å². The second-order valence-corrected chi connectivity index (χ2v) is 5.11. The van der Waals surface area contributed by atoms with E-state index in [1.165, 1.54) is 11.1 Å². The van der Waals surface area contributed by atoms with Crippen molar-refractivity contribution in [1.29, 1.82) is 0 Å². The van der Waals surface area contributed by atoms with Gasteiger partial charge in [0.15, 0.2) is 0 Å². The fourth-order valence-electron chi connectivity index (χ4n) is 2.62. The van der Waals surface area contributed by atoms with Gasteiger partial charge in [-0.15, -0.1) is 0 Å². The van der Waals surface area contributed by atoms with E-state index in [-0.39, 0.29) is 0 Å². The molecule has 2 aromatic rings. The highest BCUT2D eigenvalue weighted by molar-refractivity contribution is 5.40. The topological polar surface area (TPSA) is 21.3 Å². The molecule has 0 aliphatic carbocycles. The Bertz CT molecular complexity index is 538. The molecule has 1 heterocycles. The SMILES string of the molecule is C[C@H](NCc1ccccc1)[C@H]1COc2ccccc21. The number of hydrogen-bond donors (Lipinski definition) is 1. The van der Waals surface area contributed by atoms with Crippen LogP contribution in [0.2, 0.25) is 0 Å². The van der Waals surface area contributed by atoms with E-state index in [0.29, 0.717) is 12.0 Å². The molecule has 0 spiro atoms. The third kappa shape index (κ3) is 2.64. The highest BCUT2D eigenvalue weighted by Gasteiger charge is 2.28. The second kappa shape index (κ2) is 5.45. The third-order valence-corrected chi connectivity index (χ3v) is 3.81. The molecule has 19 heavy (non-hydrogen) atoms. The number of benzene rings is 2. The van der Waals surface area contributed by atoms with Crippen LogP contribution in [0.5, 0.6) is 5.75 Å². The molecule has 1 aliphatic heterocycles. The third-order valence-electron chi connectivity index (χ3n) is 3.81. The average Bonchev–Trinajstić information content (AvgIpc) is 2.90. The Morgan fingerprint density at radius 3 is 2.68 bits per heavy atom. The predicted octanol–water partition coefficient (Wildman–Crippen LogP) is 3.34. The summed E-state index contributed by atoms with van der Waals surface area (Å²) in [6.07, 6.45) is 0. The number of fused-ring (bicyclic) bond motifs is 1. The molecule has 2 nitrogen and oxygen atoms in total.